The fourth-order valence-corrected chi connectivity index (χ4v) is 3.24. The lowest BCUT2D eigenvalue weighted by atomic mass is 9.83. The van der Waals surface area contributed by atoms with E-state index in [1.54, 1.807) is 13.8 Å². The number of hydrogen-bond acceptors (Lipinski definition) is 3. The van der Waals surface area contributed by atoms with Crippen LogP contribution in [0.1, 0.15) is 32.3 Å². The first kappa shape index (κ1) is 17.7. The van der Waals surface area contributed by atoms with Gasteiger partial charge in [0, 0.05) is 6.54 Å². The molecule has 0 aromatic heterocycles. The molecule has 2 N–H and O–H groups in total. The lowest BCUT2D eigenvalue weighted by Crippen LogP contribution is -2.43. The molecule has 6 heteroatoms. The summed E-state index contributed by atoms with van der Waals surface area (Å²) in [5.41, 5.74) is -0.0850. The van der Waals surface area contributed by atoms with Crippen molar-refractivity contribution in [2.75, 3.05) is 12.3 Å². The van der Waals surface area contributed by atoms with Gasteiger partial charge in [0.2, 0.25) is 10.0 Å². The van der Waals surface area contributed by atoms with E-state index in [2.05, 4.69) is 4.72 Å². The van der Waals surface area contributed by atoms with Gasteiger partial charge >= 0.3 is 5.97 Å². The molecule has 0 aliphatic heterocycles. The van der Waals surface area contributed by atoms with Gasteiger partial charge in [0.15, 0.2) is 0 Å². The van der Waals surface area contributed by atoms with E-state index in [4.69, 9.17) is 0 Å². The van der Waals surface area contributed by atoms with Crippen LogP contribution in [0.4, 0.5) is 0 Å². The van der Waals surface area contributed by atoms with Crippen molar-refractivity contribution in [1.29, 1.82) is 0 Å². The SMILES string of the molecule is CCC(CC)(CNS(=O)(=O)CCc1ccccc1)C(=O)O. The van der Waals surface area contributed by atoms with E-state index in [-0.39, 0.29) is 12.3 Å². The quantitative estimate of drug-likeness (QED) is 0.731. The van der Waals surface area contributed by atoms with Gasteiger partial charge in [-0.15, -0.1) is 0 Å². The van der Waals surface area contributed by atoms with E-state index < -0.39 is 21.4 Å². The van der Waals surface area contributed by atoms with Crippen molar-refractivity contribution < 1.29 is 18.3 Å². The number of sulfonamides is 1. The van der Waals surface area contributed by atoms with Crippen LogP contribution in [-0.4, -0.2) is 31.8 Å². The maximum absolute atomic E-state index is 12.0. The molecule has 118 valence electrons. The molecule has 21 heavy (non-hydrogen) atoms. The van der Waals surface area contributed by atoms with Crippen LogP contribution in [0.2, 0.25) is 0 Å². The third-order valence-electron chi connectivity index (χ3n) is 3.94. The third kappa shape index (κ3) is 5.13. The fraction of sp³-hybridized carbons (Fsp3) is 0.533. The van der Waals surface area contributed by atoms with E-state index in [9.17, 15) is 18.3 Å². The van der Waals surface area contributed by atoms with Gasteiger partial charge in [-0.25, -0.2) is 13.1 Å². The summed E-state index contributed by atoms with van der Waals surface area (Å²) < 4.78 is 26.4. The third-order valence-corrected chi connectivity index (χ3v) is 5.27. The molecule has 0 unspecified atom stereocenters. The molecule has 0 amide bonds. The van der Waals surface area contributed by atoms with Gasteiger partial charge in [0.25, 0.3) is 0 Å². The largest absolute Gasteiger partial charge is 0.481 e. The van der Waals surface area contributed by atoms with Crippen LogP contribution in [0.5, 0.6) is 0 Å². The summed E-state index contributed by atoms with van der Waals surface area (Å²) in [5, 5.41) is 9.29. The summed E-state index contributed by atoms with van der Waals surface area (Å²) in [6.45, 7) is 3.46. The van der Waals surface area contributed by atoms with Gasteiger partial charge in [-0.3, -0.25) is 4.79 Å². The number of benzene rings is 1. The number of carboxylic acids is 1. The van der Waals surface area contributed by atoms with Gasteiger partial charge < -0.3 is 5.11 Å². The molecule has 0 aliphatic carbocycles. The molecule has 1 aromatic rings. The number of aryl methyl sites for hydroxylation is 1. The van der Waals surface area contributed by atoms with E-state index in [1.807, 2.05) is 30.3 Å². The van der Waals surface area contributed by atoms with Crippen LogP contribution < -0.4 is 4.72 Å². The van der Waals surface area contributed by atoms with Crippen molar-refractivity contribution in [3.8, 4) is 0 Å². The van der Waals surface area contributed by atoms with Crippen LogP contribution >= 0.6 is 0 Å². The minimum absolute atomic E-state index is 0.0415. The zero-order valence-corrected chi connectivity index (χ0v) is 13.3. The Morgan fingerprint density at radius 3 is 2.24 bits per heavy atom. The molecule has 1 rings (SSSR count). The van der Waals surface area contributed by atoms with E-state index in [1.165, 1.54) is 0 Å². The van der Waals surface area contributed by atoms with Crippen molar-refractivity contribution in [3.05, 3.63) is 35.9 Å². The number of carbonyl (C=O) groups is 1. The van der Waals surface area contributed by atoms with Gasteiger partial charge in [-0.05, 0) is 24.8 Å². The van der Waals surface area contributed by atoms with Crippen molar-refractivity contribution in [3.63, 3.8) is 0 Å². The topological polar surface area (TPSA) is 83.5 Å². The molecular weight excluding hydrogens is 290 g/mol. The summed E-state index contributed by atoms with van der Waals surface area (Å²) in [4.78, 5) is 11.3. The normalized spacial score (nSPS) is 12.3. The minimum Gasteiger partial charge on any atom is -0.481 e. The van der Waals surface area contributed by atoms with E-state index in [0.717, 1.165) is 5.56 Å². The Hall–Kier alpha value is -1.40. The first-order chi connectivity index (χ1) is 9.85. The Bertz CT molecular complexity index is 550. The lowest BCUT2D eigenvalue weighted by Gasteiger charge is -2.26. The molecule has 0 heterocycles. The molecule has 0 saturated carbocycles. The second-order valence-corrected chi connectivity index (χ2v) is 7.09. The molecule has 0 radical (unpaired) electrons. The second kappa shape index (κ2) is 7.56. The zero-order chi connectivity index (χ0) is 15.9. The highest BCUT2D eigenvalue weighted by Crippen LogP contribution is 2.25. The first-order valence-corrected chi connectivity index (χ1v) is 8.75. The predicted molar refractivity (Wildman–Crippen MR) is 82.6 cm³/mol. The highest BCUT2D eigenvalue weighted by molar-refractivity contribution is 7.89. The Balaban J connectivity index is 2.62. The number of hydrogen-bond donors (Lipinski definition) is 2. The Labute approximate surface area is 126 Å². The van der Waals surface area contributed by atoms with Crippen LogP contribution in [0.3, 0.4) is 0 Å². The molecule has 1 aromatic carbocycles. The minimum atomic E-state index is -3.48. The van der Waals surface area contributed by atoms with Gasteiger partial charge in [0.05, 0.1) is 11.2 Å². The van der Waals surface area contributed by atoms with Gasteiger partial charge in [-0.1, -0.05) is 44.2 Å². The molecule has 0 fully saturated rings. The molecule has 0 saturated heterocycles. The Morgan fingerprint density at radius 1 is 1.19 bits per heavy atom. The maximum atomic E-state index is 12.0. The van der Waals surface area contributed by atoms with Crippen LogP contribution in [0.25, 0.3) is 0 Å². The highest BCUT2D eigenvalue weighted by Gasteiger charge is 2.35. The summed E-state index contributed by atoms with van der Waals surface area (Å²) >= 11 is 0. The van der Waals surface area contributed by atoms with Crippen molar-refractivity contribution in [2.45, 2.75) is 33.1 Å². The Morgan fingerprint density at radius 2 is 1.76 bits per heavy atom. The standard InChI is InChI=1S/C15H23NO4S/c1-3-15(4-2,14(17)18)12-16-21(19,20)11-10-13-8-6-5-7-9-13/h5-9,16H,3-4,10-12H2,1-2H3,(H,17,18). The van der Waals surface area contributed by atoms with Gasteiger partial charge in [0.1, 0.15) is 0 Å². The number of nitrogens with one attached hydrogen (secondary N) is 1. The van der Waals surface area contributed by atoms with Crippen molar-refractivity contribution >= 4 is 16.0 Å². The molecule has 0 aliphatic rings. The molecule has 5 nitrogen and oxygen atoms in total. The molecular formula is C15H23NO4S. The van der Waals surface area contributed by atoms with Crippen molar-refractivity contribution in [2.24, 2.45) is 5.41 Å². The molecule has 0 spiro atoms. The molecule has 0 atom stereocenters. The number of rotatable bonds is 9. The summed E-state index contributed by atoms with van der Waals surface area (Å²) in [7, 11) is -3.48. The van der Waals surface area contributed by atoms with Crippen LogP contribution in [0, 0.1) is 5.41 Å². The number of carboxylic acid groups (broad SMARTS) is 1. The first-order valence-electron chi connectivity index (χ1n) is 7.10. The Kier molecular flexibility index (Phi) is 6.36. The van der Waals surface area contributed by atoms with Crippen LogP contribution in [0.15, 0.2) is 30.3 Å². The highest BCUT2D eigenvalue weighted by atomic mass is 32.2. The van der Waals surface area contributed by atoms with Crippen molar-refractivity contribution in [1.82, 2.24) is 4.72 Å². The maximum Gasteiger partial charge on any atom is 0.310 e. The summed E-state index contributed by atoms with van der Waals surface area (Å²) in [6.07, 6.45) is 1.19. The average Bonchev–Trinajstić information content (AvgIpc) is 2.48. The van der Waals surface area contributed by atoms with Gasteiger partial charge in [-0.2, -0.15) is 0 Å². The van der Waals surface area contributed by atoms with E-state index >= 15 is 0 Å². The van der Waals surface area contributed by atoms with Crippen LogP contribution in [-0.2, 0) is 21.2 Å². The fourth-order valence-electron chi connectivity index (χ4n) is 2.10. The monoisotopic (exact) mass is 313 g/mol. The lowest BCUT2D eigenvalue weighted by molar-refractivity contribution is -0.149. The summed E-state index contributed by atoms with van der Waals surface area (Å²) in [6, 6.07) is 9.34. The molecule has 0 bridgehead atoms. The van der Waals surface area contributed by atoms with E-state index in [0.29, 0.717) is 19.3 Å². The average molecular weight is 313 g/mol. The predicted octanol–water partition coefficient (Wildman–Crippen LogP) is 2.04. The second-order valence-electron chi connectivity index (χ2n) is 5.17. The smallest absolute Gasteiger partial charge is 0.310 e. The summed E-state index contributed by atoms with van der Waals surface area (Å²) in [5.74, 6) is -1.00. The zero-order valence-electron chi connectivity index (χ0n) is 12.5. The number of aliphatic carboxylic acids is 1.